The van der Waals surface area contributed by atoms with Crippen molar-refractivity contribution in [1.29, 1.82) is 0 Å². The van der Waals surface area contributed by atoms with Gasteiger partial charge in [0.15, 0.2) is 0 Å². The molecule has 3 nitrogen and oxygen atoms in total. The summed E-state index contributed by atoms with van der Waals surface area (Å²) in [5.41, 5.74) is 17.6. The highest BCUT2D eigenvalue weighted by Crippen LogP contribution is 2.64. The number of anilines is 2. The van der Waals surface area contributed by atoms with Crippen LogP contribution in [0.15, 0.2) is 235 Å². The number of allylic oxidation sites excluding steroid dienone is 3. The SMILES string of the molecule is C=C/C=C(\C=C/c1ccc2c(c1)-c1ccccc1C21c2ccc3ccccc3c2Oc2c1ccc1ccccc21)N(c1ccc2c(c1)-c1ccccc1C2(C)C)c1cccc2oc3ccccc3c12. The zero-order valence-corrected chi connectivity index (χ0v) is 38.3. The van der Waals surface area contributed by atoms with Gasteiger partial charge in [-0.25, -0.2) is 0 Å². The molecule has 0 bridgehead atoms. The number of hydrogen-bond donors (Lipinski definition) is 0. The Morgan fingerprint density at radius 1 is 0.493 bits per heavy atom. The topological polar surface area (TPSA) is 25.6 Å². The lowest BCUT2D eigenvalue weighted by Crippen LogP contribution is -2.32. The number of rotatable bonds is 6. The summed E-state index contributed by atoms with van der Waals surface area (Å²) in [6.45, 7) is 8.93. The van der Waals surface area contributed by atoms with Gasteiger partial charge in [-0.3, -0.25) is 0 Å². The minimum Gasteiger partial charge on any atom is -0.456 e. The average Bonchev–Trinajstić information content (AvgIpc) is 3.99. The highest BCUT2D eigenvalue weighted by atomic mass is 16.5. The highest BCUT2D eigenvalue weighted by molar-refractivity contribution is 6.13. The number of fused-ring (bicyclic) bond motifs is 19. The first kappa shape index (κ1) is 39.5. The third-order valence-corrected chi connectivity index (χ3v) is 15.3. The average molecular weight is 884 g/mol. The summed E-state index contributed by atoms with van der Waals surface area (Å²) in [5, 5.41) is 6.68. The molecule has 2 heterocycles. The second kappa shape index (κ2) is 14.7. The van der Waals surface area contributed by atoms with Crippen molar-refractivity contribution in [2.75, 3.05) is 4.90 Å². The number of para-hydroxylation sites is 1. The van der Waals surface area contributed by atoms with Gasteiger partial charge in [-0.2, -0.15) is 0 Å². The van der Waals surface area contributed by atoms with Gasteiger partial charge in [0.2, 0.25) is 0 Å². The maximum absolute atomic E-state index is 7.19. The molecule has 0 saturated heterocycles. The molecule has 2 aliphatic carbocycles. The van der Waals surface area contributed by atoms with Gasteiger partial charge in [-0.1, -0.05) is 196 Å². The summed E-state index contributed by atoms with van der Waals surface area (Å²) in [4.78, 5) is 2.37. The zero-order valence-electron chi connectivity index (χ0n) is 38.3. The Bertz CT molecular complexity index is 3980. The third-order valence-electron chi connectivity index (χ3n) is 15.3. The van der Waals surface area contributed by atoms with E-state index in [1.54, 1.807) is 0 Å². The van der Waals surface area contributed by atoms with E-state index in [0.29, 0.717) is 0 Å². The molecule has 11 aromatic rings. The predicted octanol–water partition coefficient (Wildman–Crippen LogP) is 17.6. The number of ether oxygens (including phenoxy) is 1. The maximum Gasteiger partial charge on any atom is 0.140 e. The fourth-order valence-corrected chi connectivity index (χ4v) is 12.3. The first-order chi connectivity index (χ1) is 33.9. The number of furan rings is 1. The van der Waals surface area contributed by atoms with Crippen LogP contribution >= 0.6 is 0 Å². The van der Waals surface area contributed by atoms with Gasteiger partial charge in [0.1, 0.15) is 22.7 Å². The van der Waals surface area contributed by atoms with Crippen LogP contribution in [-0.2, 0) is 10.8 Å². The molecule has 0 saturated carbocycles. The normalized spacial score (nSPS) is 14.7. The fourth-order valence-electron chi connectivity index (χ4n) is 12.3. The molecule has 0 radical (unpaired) electrons. The first-order valence-corrected chi connectivity index (χ1v) is 23.9. The lowest BCUT2D eigenvalue weighted by molar-refractivity contribution is 0.447. The van der Waals surface area contributed by atoms with E-state index >= 15 is 0 Å². The monoisotopic (exact) mass is 883 g/mol. The number of nitrogens with zero attached hydrogens (tertiary/aromatic N) is 1. The number of benzene rings is 10. The van der Waals surface area contributed by atoms with Crippen molar-refractivity contribution in [2.45, 2.75) is 24.7 Å². The van der Waals surface area contributed by atoms with Crippen molar-refractivity contribution < 1.29 is 9.15 Å². The van der Waals surface area contributed by atoms with Crippen LogP contribution in [-0.4, -0.2) is 0 Å². The standard InChI is InChI=1S/C66H45NO2/c1-4-16-44(67(59-26-15-28-61-62(59)50-23-11-14-27-60(50)68-61)45-34-38-54-52(40-45)48-21-9-12-24-53(48)65(54,2)3)33-29-41-30-35-56-51(39-41)49-22-10-13-25-55(49)66(56)57-36-31-42-17-5-7-19-46(42)63(57)69-64-47-20-8-6-18-43(47)32-37-58(64)66/h4-40H,1H2,2-3H3/b33-29-,44-16+. The number of hydrogen-bond acceptors (Lipinski definition) is 3. The maximum atomic E-state index is 7.19. The van der Waals surface area contributed by atoms with Crippen LogP contribution in [0.1, 0.15) is 52.8 Å². The van der Waals surface area contributed by atoms with Crippen molar-refractivity contribution >= 4 is 60.9 Å². The molecule has 3 heteroatoms. The van der Waals surface area contributed by atoms with Crippen molar-refractivity contribution in [3.63, 3.8) is 0 Å². The highest BCUT2D eigenvalue weighted by Gasteiger charge is 2.52. The fraction of sp³-hybridized carbons (Fsp3) is 0.0606. The van der Waals surface area contributed by atoms with Crippen LogP contribution in [0.2, 0.25) is 0 Å². The van der Waals surface area contributed by atoms with Crippen molar-refractivity contribution in [3.05, 3.63) is 270 Å². The van der Waals surface area contributed by atoms with Gasteiger partial charge in [-0.15, -0.1) is 0 Å². The molecule has 10 aromatic carbocycles. The minimum atomic E-state index is -0.608. The summed E-state index contributed by atoms with van der Waals surface area (Å²) >= 11 is 0. The lowest BCUT2D eigenvalue weighted by atomic mass is 9.65. The van der Waals surface area contributed by atoms with Gasteiger partial charge in [0, 0.05) is 44.1 Å². The second-order valence-corrected chi connectivity index (χ2v) is 19.2. The smallest absolute Gasteiger partial charge is 0.140 e. The van der Waals surface area contributed by atoms with Gasteiger partial charge in [-0.05, 0) is 109 Å². The van der Waals surface area contributed by atoms with Crippen LogP contribution < -0.4 is 9.64 Å². The summed E-state index contributed by atoms with van der Waals surface area (Å²) in [6.07, 6.45) is 8.50. The van der Waals surface area contributed by atoms with Gasteiger partial charge < -0.3 is 14.1 Å². The Morgan fingerprint density at radius 3 is 1.80 bits per heavy atom. The summed E-state index contributed by atoms with van der Waals surface area (Å²) in [5.74, 6) is 1.84. The first-order valence-electron chi connectivity index (χ1n) is 23.9. The van der Waals surface area contributed by atoms with Crippen LogP contribution in [0.4, 0.5) is 11.4 Å². The predicted molar refractivity (Wildman–Crippen MR) is 286 cm³/mol. The lowest BCUT2D eigenvalue weighted by Gasteiger charge is -2.40. The van der Waals surface area contributed by atoms with E-state index in [0.717, 1.165) is 88.7 Å². The molecule has 0 atom stereocenters. The quantitative estimate of drug-likeness (QED) is 0.156. The van der Waals surface area contributed by atoms with E-state index in [4.69, 9.17) is 9.15 Å². The van der Waals surface area contributed by atoms with Gasteiger partial charge in [0.05, 0.1) is 16.5 Å². The van der Waals surface area contributed by atoms with E-state index in [1.807, 2.05) is 12.1 Å². The van der Waals surface area contributed by atoms with E-state index in [2.05, 4.69) is 238 Å². The molecule has 14 rings (SSSR count). The van der Waals surface area contributed by atoms with Gasteiger partial charge in [0.25, 0.3) is 0 Å². The van der Waals surface area contributed by atoms with Crippen molar-refractivity contribution in [3.8, 4) is 33.8 Å². The van der Waals surface area contributed by atoms with Crippen molar-refractivity contribution in [2.24, 2.45) is 0 Å². The van der Waals surface area contributed by atoms with E-state index in [9.17, 15) is 0 Å². The van der Waals surface area contributed by atoms with Gasteiger partial charge >= 0.3 is 0 Å². The molecule has 0 amide bonds. The van der Waals surface area contributed by atoms with Crippen LogP contribution in [0, 0.1) is 0 Å². The molecule has 69 heavy (non-hydrogen) atoms. The van der Waals surface area contributed by atoms with E-state index in [-0.39, 0.29) is 5.41 Å². The molecular weight excluding hydrogens is 839 g/mol. The molecule has 326 valence electrons. The summed E-state index contributed by atoms with van der Waals surface area (Å²) in [6, 6.07) is 72.9. The Hall–Kier alpha value is -8.66. The van der Waals surface area contributed by atoms with Crippen LogP contribution in [0.3, 0.4) is 0 Å². The molecular formula is C66H45NO2. The Morgan fingerprint density at radius 2 is 1.06 bits per heavy atom. The van der Waals surface area contributed by atoms with E-state index in [1.165, 1.54) is 44.5 Å². The third kappa shape index (κ3) is 5.50. The molecule has 3 aliphatic rings. The Labute approximate surface area is 401 Å². The Balaban J connectivity index is 0.961. The van der Waals surface area contributed by atoms with Crippen LogP contribution in [0.25, 0.3) is 71.8 Å². The zero-order chi connectivity index (χ0) is 46.0. The minimum absolute atomic E-state index is 0.114. The molecule has 0 fully saturated rings. The van der Waals surface area contributed by atoms with E-state index < -0.39 is 5.41 Å². The van der Waals surface area contributed by atoms with Crippen LogP contribution in [0.5, 0.6) is 11.5 Å². The molecule has 0 N–H and O–H groups in total. The largest absolute Gasteiger partial charge is 0.456 e. The molecule has 1 spiro atoms. The second-order valence-electron chi connectivity index (χ2n) is 19.2. The summed E-state index contributed by atoms with van der Waals surface area (Å²) < 4.78 is 13.7. The molecule has 1 aliphatic heterocycles. The molecule has 1 aromatic heterocycles. The van der Waals surface area contributed by atoms with Crippen molar-refractivity contribution in [1.82, 2.24) is 0 Å². The Kier molecular flexibility index (Phi) is 8.40. The molecule has 0 unspecified atom stereocenters. The summed E-state index contributed by atoms with van der Waals surface area (Å²) in [7, 11) is 0.